The first-order valence-corrected chi connectivity index (χ1v) is 8.29. The van der Waals surface area contributed by atoms with Gasteiger partial charge < -0.3 is 9.84 Å². The zero-order valence-electron chi connectivity index (χ0n) is 13.6. The second-order valence-electron chi connectivity index (χ2n) is 7.69. The average molecular weight is 292 g/mol. The van der Waals surface area contributed by atoms with E-state index in [9.17, 15) is 0 Å². The van der Waals surface area contributed by atoms with E-state index >= 15 is 0 Å². The minimum atomic E-state index is 0.202. The normalized spacial score (nSPS) is 24.4. The van der Waals surface area contributed by atoms with Crippen molar-refractivity contribution in [3.8, 4) is 0 Å². The number of rotatable bonds is 5. The van der Waals surface area contributed by atoms with Crippen LogP contribution in [-0.2, 0) is 6.54 Å². The van der Waals surface area contributed by atoms with Crippen molar-refractivity contribution < 1.29 is 4.52 Å². The average Bonchev–Trinajstić information content (AvgIpc) is 3.17. The SMILES string of the molecule is CC(C)(C)NCC1CCCN(Cc2nc(C3CC3)no2)C1. The fourth-order valence-corrected chi connectivity index (χ4v) is 2.94. The lowest BCUT2D eigenvalue weighted by atomic mass is 9.96. The molecule has 1 atom stereocenters. The van der Waals surface area contributed by atoms with Crippen LogP contribution in [0.3, 0.4) is 0 Å². The Hall–Kier alpha value is -0.940. The number of piperidine rings is 1. The van der Waals surface area contributed by atoms with Crippen molar-refractivity contribution in [3.63, 3.8) is 0 Å². The van der Waals surface area contributed by atoms with E-state index < -0.39 is 0 Å². The molecule has 5 heteroatoms. The topological polar surface area (TPSA) is 54.2 Å². The zero-order chi connectivity index (χ0) is 14.9. The molecule has 0 amide bonds. The predicted octanol–water partition coefficient (Wildman–Crippen LogP) is 2.55. The van der Waals surface area contributed by atoms with E-state index in [1.54, 1.807) is 0 Å². The highest BCUT2D eigenvalue weighted by molar-refractivity contribution is 5.03. The van der Waals surface area contributed by atoms with E-state index in [1.165, 1.54) is 25.7 Å². The first kappa shape index (κ1) is 15.0. The number of likely N-dealkylation sites (tertiary alicyclic amines) is 1. The number of hydrogen-bond donors (Lipinski definition) is 1. The smallest absolute Gasteiger partial charge is 0.240 e. The van der Waals surface area contributed by atoms with Gasteiger partial charge in [-0.15, -0.1) is 0 Å². The molecule has 5 nitrogen and oxygen atoms in total. The Labute approximate surface area is 127 Å². The maximum absolute atomic E-state index is 5.40. The maximum Gasteiger partial charge on any atom is 0.240 e. The minimum absolute atomic E-state index is 0.202. The first-order chi connectivity index (χ1) is 9.99. The van der Waals surface area contributed by atoms with Gasteiger partial charge in [0.25, 0.3) is 0 Å². The Balaban J connectivity index is 1.48. The molecule has 1 unspecified atom stereocenters. The molecule has 0 spiro atoms. The van der Waals surface area contributed by atoms with Gasteiger partial charge in [0.05, 0.1) is 6.54 Å². The van der Waals surface area contributed by atoms with Crippen molar-refractivity contribution in [2.24, 2.45) is 5.92 Å². The molecule has 1 saturated carbocycles. The molecule has 0 radical (unpaired) electrons. The summed E-state index contributed by atoms with van der Waals surface area (Å²) in [5.74, 6) is 3.02. The number of nitrogens with one attached hydrogen (secondary N) is 1. The third-order valence-electron chi connectivity index (χ3n) is 4.31. The summed E-state index contributed by atoms with van der Waals surface area (Å²) in [7, 11) is 0. The molecule has 118 valence electrons. The Morgan fingerprint density at radius 1 is 1.29 bits per heavy atom. The van der Waals surface area contributed by atoms with Crippen LogP contribution in [0.1, 0.15) is 64.1 Å². The summed E-state index contributed by atoms with van der Waals surface area (Å²) in [6.45, 7) is 10.9. The first-order valence-electron chi connectivity index (χ1n) is 8.29. The van der Waals surface area contributed by atoms with Gasteiger partial charge in [-0.3, -0.25) is 4.90 Å². The molecule has 2 aliphatic rings. The molecule has 1 aromatic heterocycles. The molecule has 1 aliphatic heterocycles. The molecule has 2 fully saturated rings. The number of aromatic nitrogens is 2. The third-order valence-corrected chi connectivity index (χ3v) is 4.31. The standard InChI is InChI=1S/C16H28N4O/c1-16(2,3)17-9-12-5-4-8-20(10-12)11-14-18-15(19-21-14)13-6-7-13/h12-13,17H,4-11H2,1-3H3. The van der Waals surface area contributed by atoms with Crippen molar-refractivity contribution in [3.05, 3.63) is 11.7 Å². The molecular formula is C16H28N4O. The van der Waals surface area contributed by atoms with Crippen LogP contribution in [0.15, 0.2) is 4.52 Å². The maximum atomic E-state index is 5.40. The fraction of sp³-hybridized carbons (Fsp3) is 0.875. The highest BCUT2D eigenvalue weighted by Crippen LogP contribution is 2.38. The van der Waals surface area contributed by atoms with Gasteiger partial charge in [-0.1, -0.05) is 5.16 Å². The van der Waals surface area contributed by atoms with Crippen molar-refractivity contribution in [2.45, 2.75) is 64.5 Å². The van der Waals surface area contributed by atoms with Crippen LogP contribution in [0.4, 0.5) is 0 Å². The van der Waals surface area contributed by atoms with Crippen molar-refractivity contribution >= 4 is 0 Å². The summed E-state index contributed by atoms with van der Waals surface area (Å²) >= 11 is 0. The lowest BCUT2D eigenvalue weighted by Gasteiger charge is -2.33. The van der Waals surface area contributed by atoms with Gasteiger partial charge in [0.2, 0.25) is 5.89 Å². The van der Waals surface area contributed by atoms with Gasteiger partial charge in [0, 0.05) is 18.0 Å². The summed E-state index contributed by atoms with van der Waals surface area (Å²) in [6.07, 6.45) is 5.03. The van der Waals surface area contributed by atoms with Gasteiger partial charge in [-0.25, -0.2) is 0 Å². The van der Waals surface area contributed by atoms with E-state index in [0.717, 1.165) is 43.8 Å². The molecule has 21 heavy (non-hydrogen) atoms. The van der Waals surface area contributed by atoms with E-state index in [-0.39, 0.29) is 5.54 Å². The molecule has 1 N–H and O–H groups in total. The van der Waals surface area contributed by atoms with Crippen LogP contribution in [0.25, 0.3) is 0 Å². The highest BCUT2D eigenvalue weighted by Gasteiger charge is 2.29. The van der Waals surface area contributed by atoms with E-state index in [4.69, 9.17) is 4.52 Å². The van der Waals surface area contributed by atoms with E-state index in [2.05, 4.69) is 41.1 Å². The summed E-state index contributed by atoms with van der Waals surface area (Å²) in [4.78, 5) is 7.00. The largest absolute Gasteiger partial charge is 0.338 e. The van der Waals surface area contributed by atoms with Crippen LogP contribution in [0.5, 0.6) is 0 Å². The van der Waals surface area contributed by atoms with E-state index in [1.807, 2.05) is 0 Å². The molecule has 2 heterocycles. The summed E-state index contributed by atoms with van der Waals surface area (Å²) in [5, 5.41) is 7.73. The summed E-state index contributed by atoms with van der Waals surface area (Å²) < 4.78 is 5.40. The molecule has 0 bridgehead atoms. The minimum Gasteiger partial charge on any atom is -0.338 e. The predicted molar refractivity (Wildman–Crippen MR) is 82.0 cm³/mol. The number of hydrogen-bond acceptors (Lipinski definition) is 5. The van der Waals surface area contributed by atoms with Crippen molar-refractivity contribution in [1.82, 2.24) is 20.4 Å². The van der Waals surface area contributed by atoms with Crippen LogP contribution in [0.2, 0.25) is 0 Å². The van der Waals surface area contributed by atoms with Crippen LogP contribution in [-0.4, -0.2) is 40.2 Å². The van der Waals surface area contributed by atoms with Crippen molar-refractivity contribution in [2.75, 3.05) is 19.6 Å². The van der Waals surface area contributed by atoms with Gasteiger partial charge in [0.1, 0.15) is 0 Å². The Bertz CT molecular complexity index is 461. The molecule has 1 aliphatic carbocycles. The third kappa shape index (κ3) is 4.51. The summed E-state index contributed by atoms with van der Waals surface area (Å²) in [5.41, 5.74) is 0.202. The van der Waals surface area contributed by atoms with Gasteiger partial charge in [-0.05, 0) is 65.5 Å². The summed E-state index contributed by atoms with van der Waals surface area (Å²) in [6, 6.07) is 0. The molecule has 0 aromatic carbocycles. The number of nitrogens with zero attached hydrogens (tertiary/aromatic N) is 3. The van der Waals surface area contributed by atoms with Crippen LogP contribution < -0.4 is 5.32 Å². The van der Waals surface area contributed by atoms with Crippen LogP contribution in [0, 0.1) is 5.92 Å². The molecule has 1 aromatic rings. The lowest BCUT2D eigenvalue weighted by molar-refractivity contribution is 0.144. The van der Waals surface area contributed by atoms with Crippen LogP contribution >= 0.6 is 0 Å². The fourth-order valence-electron chi connectivity index (χ4n) is 2.94. The Kier molecular flexibility index (Phi) is 4.31. The second kappa shape index (κ2) is 6.05. The van der Waals surface area contributed by atoms with Gasteiger partial charge >= 0.3 is 0 Å². The molecular weight excluding hydrogens is 264 g/mol. The lowest BCUT2D eigenvalue weighted by Crippen LogP contribution is -2.44. The monoisotopic (exact) mass is 292 g/mol. The Morgan fingerprint density at radius 2 is 2.10 bits per heavy atom. The Morgan fingerprint density at radius 3 is 2.81 bits per heavy atom. The molecule has 1 saturated heterocycles. The zero-order valence-corrected chi connectivity index (χ0v) is 13.6. The quantitative estimate of drug-likeness (QED) is 0.904. The second-order valence-corrected chi connectivity index (χ2v) is 7.69. The molecule has 3 rings (SSSR count). The highest BCUT2D eigenvalue weighted by atomic mass is 16.5. The van der Waals surface area contributed by atoms with Crippen molar-refractivity contribution in [1.29, 1.82) is 0 Å². The van der Waals surface area contributed by atoms with Gasteiger partial charge in [0.15, 0.2) is 5.82 Å². The van der Waals surface area contributed by atoms with E-state index in [0.29, 0.717) is 5.92 Å². The van der Waals surface area contributed by atoms with Gasteiger partial charge in [-0.2, -0.15) is 4.98 Å².